The zero-order valence-electron chi connectivity index (χ0n) is 7.32. The summed E-state index contributed by atoms with van der Waals surface area (Å²) >= 11 is 1.70. The number of hydrogen-bond donors (Lipinski definition) is 1. The zero-order valence-corrected chi connectivity index (χ0v) is 8.14. The molecule has 2 nitrogen and oxygen atoms in total. The van der Waals surface area contributed by atoms with E-state index in [2.05, 4.69) is 17.1 Å². The summed E-state index contributed by atoms with van der Waals surface area (Å²) < 4.78 is 1.25. The third-order valence-electron chi connectivity index (χ3n) is 2.00. The Hall–Kier alpha value is -1.35. The Balaban J connectivity index is 2.71. The van der Waals surface area contributed by atoms with Gasteiger partial charge in [0.1, 0.15) is 5.84 Å². The van der Waals surface area contributed by atoms with Gasteiger partial charge in [0.15, 0.2) is 0 Å². The van der Waals surface area contributed by atoms with Crippen LogP contribution in [0.1, 0.15) is 5.56 Å². The minimum atomic E-state index is 0.609. The highest BCUT2D eigenvalue weighted by Crippen LogP contribution is 2.25. The Morgan fingerprint density at radius 2 is 2.15 bits per heavy atom. The van der Waals surface area contributed by atoms with Gasteiger partial charge >= 0.3 is 0 Å². The van der Waals surface area contributed by atoms with Crippen molar-refractivity contribution in [2.75, 3.05) is 7.05 Å². The molecule has 0 aliphatic rings. The van der Waals surface area contributed by atoms with Crippen LogP contribution in [0.5, 0.6) is 0 Å². The molecular weight excluding hydrogens is 180 g/mol. The number of benzene rings is 1. The van der Waals surface area contributed by atoms with Crippen LogP contribution in [0.15, 0.2) is 34.6 Å². The van der Waals surface area contributed by atoms with Crippen molar-refractivity contribution in [3.05, 3.63) is 35.2 Å². The van der Waals surface area contributed by atoms with Gasteiger partial charge in [0, 0.05) is 28.1 Å². The predicted molar refractivity (Wildman–Crippen MR) is 58.5 cm³/mol. The maximum atomic E-state index is 5.76. The highest BCUT2D eigenvalue weighted by molar-refractivity contribution is 7.17. The van der Waals surface area contributed by atoms with Crippen LogP contribution in [-0.2, 0) is 0 Å². The standard InChI is InChI=1S/C10H10N2S/c1-12-10(11)8-6-13-9-5-3-2-4-7(8)9/h2-6H,1H3,(H2,11,12). The van der Waals surface area contributed by atoms with Crippen molar-refractivity contribution in [3.8, 4) is 0 Å². The summed E-state index contributed by atoms with van der Waals surface area (Å²) in [4.78, 5) is 3.98. The van der Waals surface area contributed by atoms with Crippen molar-refractivity contribution >= 4 is 27.3 Å². The molecule has 0 spiro atoms. The molecule has 0 fully saturated rings. The van der Waals surface area contributed by atoms with E-state index >= 15 is 0 Å². The van der Waals surface area contributed by atoms with Crippen LogP contribution in [0.2, 0.25) is 0 Å². The molecule has 66 valence electrons. The number of fused-ring (bicyclic) bond motifs is 1. The van der Waals surface area contributed by atoms with E-state index in [9.17, 15) is 0 Å². The lowest BCUT2D eigenvalue weighted by molar-refractivity contribution is 1.40. The molecule has 13 heavy (non-hydrogen) atoms. The fourth-order valence-corrected chi connectivity index (χ4v) is 2.25. The summed E-state index contributed by atoms with van der Waals surface area (Å²) in [6, 6.07) is 8.20. The number of aliphatic imine (C=N–C) groups is 1. The van der Waals surface area contributed by atoms with Gasteiger partial charge in [-0.3, -0.25) is 4.99 Å². The van der Waals surface area contributed by atoms with Crippen molar-refractivity contribution < 1.29 is 0 Å². The molecule has 0 saturated heterocycles. The number of rotatable bonds is 1. The monoisotopic (exact) mass is 190 g/mol. The first-order valence-electron chi connectivity index (χ1n) is 4.02. The van der Waals surface area contributed by atoms with Crippen LogP contribution in [0.3, 0.4) is 0 Å². The lowest BCUT2D eigenvalue weighted by atomic mass is 10.2. The number of nitrogens with two attached hydrogens (primary N) is 1. The van der Waals surface area contributed by atoms with Crippen molar-refractivity contribution in [2.24, 2.45) is 10.7 Å². The summed E-state index contributed by atoms with van der Waals surface area (Å²) in [6.07, 6.45) is 0. The van der Waals surface area contributed by atoms with Crippen molar-refractivity contribution in [1.29, 1.82) is 0 Å². The molecular formula is C10H10N2S. The summed E-state index contributed by atoms with van der Waals surface area (Å²) in [5.74, 6) is 0.609. The summed E-state index contributed by atoms with van der Waals surface area (Å²) in [5, 5.41) is 3.24. The molecule has 0 atom stereocenters. The average Bonchev–Trinajstić information content (AvgIpc) is 2.60. The maximum absolute atomic E-state index is 5.76. The van der Waals surface area contributed by atoms with E-state index < -0.39 is 0 Å². The first-order chi connectivity index (χ1) is 6.33. The number of amidine groups is 1. The Bertz CT molecular complexity index is 457. The van der Waals surface area contributed by atoms with E-state index in [-0.39, 0.29) is 0 Å². The Morgan fingerprint density at radius 3 is 2.92 bits per heavy atom. The molecule has 0 unspecified atom stereocenters. The predicted octanol–water partition coefficient (Wildman–Crippen LogP) is 2.24. The van der Waals surface area contributed by atoms with Crippen LogP contribution >= 0.6 is 11.3 Å². The van der Waals surface area contributed by atoms with Crippen molar-refractivity contribution in [3.63, 3.8) is 0 Å². The number of thiophene rings is 1. The van der Waals surface area contributed by atoms with E-state index in [0.717, 1.165) is 5.56 Å². The molecule has 2 rings (SSSR count). The van der Waals surface area contributed by atoms with Crippen molar-refractivity contribution in [1.82, 2.24) is 0 Å². The average molecular weight is 190 g/mol. The van der Waals surface area contributed by atoms with Gasteiger partial charge in [-0.1, -0.05) is 18.2 Å². The van der Waals surface area contributed by atoms with E-state index in [1.165, 1.54) is 10.1 Å². The highest BCUT2D eigenvalue weighted by atomic mass is 32.1. The lowest BCUT2D eigenvalue weighted by Gasteiger charge is -1.95. The molecule has 1 heterocycles. The molecule has 1 aromatic heterocycles. The third kappa shape index (κ3) is 1.31. The smallest absolute Gasteiger partial charge is 0.126 e. The molecule has 0 radical (unpaired) electrons. The minimum Gasteiger partial charge on any atom is -0.383 e. The van der Waals surface area contributed by atoms with Crippen LogP contribution < -0.4 is 5.73 Å². The second-order valence-electron chi connectivity index (χ2n) is 2.75. The molecule has 0 aliphatic carbocycles. The number of nitrogens with zero attached hydrogens (tertiary/aromatic N) is 1. The van der Waals surface area contributed by atoms with Gasteiger partial charge in [0.2, 0.25) is 0 Å². The van der Waals surface area contributed by atoms with E-state index in [0.29, 0.717) is 5.84 Å². The zero-order chi connectivity index (χ0) is 9.26. The van der Waals surface area contributed by atoms with Gasteiger partial charge in [-0.05, 0) is 6.07 Å². The minimum absolute atomic E-state index is 0.609. The normalized spacial score (nSPS) is 12.2. The van der Waals surface area contributed by atoms with Crippen LogP contribution in [-0.4, -0.2) is 12.9 Å². The molecule has 1 aromatic carbocycles. The molecule has 2 aromatic rings. The fraction of sp³-hybridized carbons (Fsp3) is 0.100. The van der Waals surface area contributed by atoms with Gasteiger partial charge in [0.05, 0.1) is 0 Å². The lowest BCUT2D eigenvalue weighted by Crippen LogP contribution is -2.11. The first kappa shape index (κ1) is 8.26. The molecule has 0 aliphatic heterocycles. The van der Waals surface area contributed by atoms with Gasteiger partial charge in [-0.25, -0.2) is 0 Å². The van der Waals surface area contributed by atoms with E-state index in [1.54, 1.807) is 18.4 Å². The van der Waals surface area contributed by atoms with E-state index in [4.69, 9.17) is 5.73 Å². The molecule has 0 amide bonds. The summed E-state index contributed by atoms with van der Waals surface area (Å²) in [7, 11) is 1.71. The topological polar surface area (TPSA) is 38.4 Å². The largest absolute Gasteiger partial charge is 0.383 e. The Labute approximate surface area is 80.7 Å². The van der Waals surface area contributed by atoms with E-state index in [1.807, 2.05) is 17.5 Å². The van der Waals surface area contributed by atoms with Crippen molar-refractivity contribution in [2.45, 2.75) is 0 Å². The quantitative estimate of drug-likeness (QED) is 0.543. The highest BCUT2D eigenvalue weighted by Gasteiger charge is 2.05. The van der Waals surface area contributed by atoms with Gasteiger partial charge in [-0.2, -0.15) is 0 Å². The Morgan fingerprint density at radius 1 is 1.38 bits per heavy atom. The maximum Gasteiger partial charge on any atom is 0.126 e. The second-order valence-corrected chi connectivity index (χ2v) is 3.67. The van der Waals surface area contributed by atoms with Crippen LogP contribution in [0.25, 0.3) is 10.1 Å². The molecule has 0 bridgehead atoms. The van der Waals surface area contributed by atoms with Crippen LogP contribution in [0.4, 0.5) is 0 Å². The third-order valence-corrected chi connectivity index (χ3v) is 2.96. The van der Waals surface area contributed by atoms with Gasteiger partial charge in [-0.15, -0.1) is 11.3 Å². The number of hydrogen-bond acceptors (Lipinski definition) is 2. The van der Waals surface area contributed by atoms with Gasteiger partial charge < -0.3 is 5.73 Å². The second kappa shape index (κ2) is 3.18. The summed E-state index contributed by atoms with van der Waals surface area (Å²) in [6.45, 7) is 0. The molecule has 2 N–H and O–H groups in total. The molecule has 0 saturated carbocycles. The SMILES string of the molecule is CN=C(N)c1csc2ccccc12. The van der Waals surface area contributed by atoms with Crippen LogP contribution in [0, 0.1) is 0 Å². The summed E-state index contributed by atoms with van der Waals surface area (Å²) in [5.41, 5.74) is 6.81. The fourth-order valence-electron chi connectivity index (χ4n) is 1.30. The van der Waals surface area contributed by atoms with Gasteiger partial charge in [0.25, 0.3) is 0 Å². The first-order valence-corrected chi connectivity index (χ1v) is 4.90. The molecule has 3 heteroatoms. The Kier molecular flexibility index (Phi) is 2.02.